The topological polar surface area (TPSA) is 98.8 Å². The van der Waals surface area contributed by atoms with E-state index in [9.17, 15) is 19.2 Å². The zero-order valence-corrected chi connectivity index (χ0v) is 15.1. The number of ketones is 1. The molecule has 26 heavy (non-hydrogen) atoms. The van der Waals surface area contributed by atoms with Crippen LogP contribution in [0.3, 0.4) is 0 Å². The summed E-state index contributed by atoms with van der Waals surface area (Å²) >= 11 is 0. The Morgan fingerprint density at radius 1 is 1.00 bits per heavy atom. The molecule has 1 N–H and O–H groups in total. The molecule has 0 aromatic heterocycles. The molecule has 1 aromatic carbocycles. The number of ether oxygens (including phenoxy) is 2. The van der Waals surface area contributed by atoms with Crippen molar-refractivity contribution in [3.8, 4) is 0 Å². The monoisotopic (exact) mass is 361 g/mol. The van der Waals surface area contributed by atoms with Gasteiger partial charge in [0.15, 0.2) is 12.4 Å². The Balaban J connectivity index is 2.49. The second-order valence-electron chi connectivity index (χ2n) is 5.84. The van der Waals surface area contributed by atoms with E-state index in [0.717, 1.165) is 12.2 Å². The van der Waals surface area contributed by atoms with Gasteiger partial charge in [-0.1, -0.05) is 13.8 Å². The molecule has 0 bridgehead atoms. The maximum absolute atomic E-state index is 12.0. The van der Waals surface area contributed by atoms with Crippen molar-refractivity contribution in [2.45, 2.75) is 27.2 Å². The Morgan fingerprint density at radius 2 is 1.58 bits per heavy atom. The second kappa shape index (κ2) is 10.8. The Morgan fingerprint density at radius 3 is 2.12 bits per heavy atom. The van der Waals surface area contributed by atoms with E-state index in [1.165, 1.54) is 12.1 Å². The quantitative estimate of drug-likeness (QED) is 0.412. The molecule has 7 nitrogen and oxygen atoms in total. The number of benzene rings is 1. The van der Waals surface area contributed by atoms with Crippen LogP contribution in [0.25, 0.3) is 0 Å². The summed E-state index contributed by atoms with van der Waals surface area (Å²) in [5.74, 6) is -1.72. The van der Waals surface area contributed by atoms with Gasteiger partial charge in [-0.25, -0.2) is 9.59 Å². The SMILES string of the molecule is CCOC(=O)/C=C/C(=O)OCC(=O)c1ccc(NC(=O)CC(C)C)cc1. The van der Waals surface area contributed by atoms with E-state index >= 15 is 0 Å². The molecule has 1 rings (SSSR count). The third kappa shape index (κ3) is 8.23. The molecule has 140 valence electrons. The second-order valence-corrected chi connectivity index (χ2v) is 5.84. The summed E-state index contributed by atoms with van der Waals surface area (Å²) < 4.78 is 9.39. The minimum atomic E-state index is -0.816. The molecule has 0 aliphatic rings. The van der Waals surface area contributed by atoms with Gasteiger partial charge < -0.3 is 14.8 Å². The van der Waals surface area contributed by atoms with Gasteiger partial charge in [0.25, 0.3) is 0 Å². The Labute approximate surface area is 152 Å². The molecule has 0 fully saturated rings. The van der Waals surface area contributed by atoms with Gasteiger partial charge in [0.2, 0.25) is 5.91 Å². The van der Waals surface area contributed by atoms with Crippen LogP contribution in [0.15, 0.2) is 36.4 Å². The molecular weight excluding hydrogens is 338 g/mol. The number of carbonyl (C=O) groups is 4. The molecule has 0 spiro atoms. The number of carbonyl (C=O) groups excluding carboxylic acids is 4. The lowest BCUT2D eigenvalue weighted by Crippen LogP contribution is -2.15. The average molecular weight is 361 g/mol. The highest BCUT2D eigenvalue weighted by Crippen LogP contribution is 2.12. The van der Waals surface area contributed by atoms with Crippen molar-refractivity contribution in [2.75, 3.05) is 18.5 Å². The van der Waals surface area contributed by atoms with Crippen molar-refractivity contribution >= 4 is 29.3 Å². The van der Waals surface area contributed by atoms with E-state index in [1.54, 1.807) is 19.1 Å². The fourth-order valence-corrected chi connectivity index (χ4v) is 1.92. The fraction of sp³-hybridized carbons (Fsp3) is 0.368. The lowest BCUT2D eigenvalue weighted by atomic mass is 10.1. The summed E-state index contributed by atoms with van der Waals surface area (Å²) in [6, 6.07) is 6.28. The van der Waals surface area contributed by atoms with Crippen molar-refractivity contribution in [1.82, 2.24) is 0 Å². The van der Waals surface area contributed by atoms with Crippen LogP contribution in [-0.2, 0) is 23.9 Å². The number of nitrogens with one attached hydrogen (secondary N) is 1. The van der Waals surface area contributed by atoms with Crippen LogP contribution >= 0.6 is 0 Å². The molecule has 1 aromatic rings. The van der Waals surface area contributed by atoms with Gasteiger partial charge in [0.05, 0.1) is 6.61 Å². The van der Waals surface area contributed by atoms with Gasteiger partial charge in [-0.15, -0.1) is 0 Å². The van der Waals surface area contributed by atoms with E-state index in [0.29, 0.717) is 17.7 Å². The van der Waals surface area contributed by atoms with Gasteiger partial charge in [0.1, 0.15) is 0 Å². The van der Waals surface area contributed by atoms with Crippen LogP contribution in [0.5, 0.6) is 0 Å². The highest BCUT2D eigenvalue weighted by molar-refractivity contribution is 5.99. The molecule has 0 unspecified atom stereocenters. The summed E-state index contributed by atoms with van der Waals surface area (Å²) in [7, 11) is 0. The van der Waals surface area contributed by atoms with E-state index in [4.69, 9.17) is 4.74 Å². The summed E-state index contributed by atoms with van der Waals surface area (Å²) in [5.41, 5.74) is 0.926. The van der Waals surface area contributed by atoms with Crippen molar-refractivity contribution in [1.29, 1.82) is 0 Å². The minimum Gasteiger partial charge on any atom is -0.463 e. The van der Waals surface area contributed by atoms with Gasteiger partial charge in [-0.3, -0.25) is 9.59 Å². The molecule has 0 radical (unpaired) electrons. The molecule has 0 saturated carbocycles. The Bertz CT molecular complexity index is 676. The van der Waals surface area contributed by atoms with Crippen molar-refractivity contribution in [3.05, 3.63) is 42.0 Å². The summed E-state index contributed by atoms with van der Waals surface area (Å²) in [6.45, 7) is 5.29. The molecule has 0 atom stereocenters. The van der Waals surface area contributed by atoms with Crippen LogP contribution in [0, 0.1) is 5.92 Å². The van der Waals surface area contributed by atoms with Crippen LogP contribution in [-0.4, -0.2) is 36.8 Å². The molecule has 1 amide bonds. The first-order valence-corrected chi connectivity index (χ1v) is 8.26. The van der Waals surface area contributed by atoms with Crippen LogP contribution in [0.1, 0.15) is 37.6 Å². The number of anilines is 1. The lowest BCUT2D eigenvalue weighted by Gasteiger charge is -2.08. The third-order valence-corrected chi connectivity index (χ3v) is 3.07. The fourth-order valence-electron chi connectivity index (χ4n) is 1.92. The van der Waals surface area contributed by atoms with E-state index in [2.05, 4.69) is 10.1 Å². The van der Waals surface area contributed by atoms with Crippen LogP contribution in [0.4, 0.5) is 5.69 Å². The van der Waals surface area contributed by atoms with Crippen LogP contribution < -0.4 is 5.32 Å². The smallest absolute Gasteiger partial charge is 0.331 e. The predicted molar refractivity (Wildman–Crippen MR) is 95.6 cm³/mol. The Kier molecular flexibility index (Phi) is 8.77. The standard InChI is InChI=1S/C19H23NO6/c1-4-25-18(23)9-10-19(24)26-12-16(21)14-5-7-15(8-6-14)20-17(22)11-13(2)3/h5-10,13H,4,11-12H2,1-3H3,(H,20,22)/b10-9+. The molecule has 0 aliphatic heterocycles. The van der Waals surface area contributed by atoms with Gasteiger partial charge in [-0.05, 0) is 37.1 Å². The number of amides is 1. The summed E-state index contributed by atoms with van der Waals surface area (Å²) in [6.07, 6.45) is 2.25. The van der Waals surface area contributed by atoms with E-state index in [1.807, 2.05) is 13.8 Å². The van der Waals surface area contributed by atoms with Crippen LogP contribution in [0.2, 0.25) is 0 Å². The predicted octanol–water partition coefficient (Wildman–Crippen LogP) is 2.52. The molecule has 0 aliphatic carbocycles. The van der Waals surface area contributed by atoms with Gasteiger partial charge >= 0.3 is 11.9 Å². The van der Waals surface area contributed by atoms with Gasteiger partial charge in [0, 0.05) is 29.8 Å². The number of hydrogen-bond acceptors (Lipinski definition) is 6. The van der Waals surface area contributed by atoms with Gasteiger partial charge in [-0.2, -0.15) is 0 Å². The largest absolute Gasteiger partial charge is 0.463 e. The molecular formula is C19H23NO6. The van der Waals surface area contributed by atoms with E-state index < -0.39 is 24.3 Å². The molecule has 0 saturated heterocycles. The summed E-state index contributed by atoms with van der Waals surface area (Å²) in [4.78, 5) is 46.2. The number of rotatable bonds is 9. The van der Waals surface area contributed by atoms with Crippen molar-refractivity contribution in [3.63, 3.8) is 0 Å². The zero-order valence-electron chi connectivity index (χ0n) is 15.1. The zero-order chi connectivity index (χ0) is 19.5. The number of esters is 2. The highest BCUT2D eigenvalue weighted by Gasteiger charge is 2.10. The van der Waals surface area contributed by atoms with Crippen molar-refractivity contribution in [2.24, 2.45) is 5.92 Å². The highest BCUT2D eigenvalue weighted by atomic mass is 16.5. The minimum absolute atomic E-state index is 0.0959. The third-order valence-electron chi connectivity index (χ3n) is 3.07. The number of hydrogen-bond donors (Lipinski definition) is 1. The average Bonchev–Trinajstić information content (AvgIpc) is 2.58. The number of Topliss-reactive ketones (excluding diaryl/α,β-unsaturated/α-hetero) is 1. The Hall–Kier alpha value is -2.96. The van der Waals surface area contributed by atoms with E-state index in [-0.39, 0.29) is 18.4 Å². The normalized spacial score (nSPS) is 10.6. The first-order valence-electron chi connectivity index (χ1n) is 8.26. The maximum atomic E-state index is 12.0. The first kappa shape index (κ1) is 21.1. The first-order chi connectivity index (χ1) is 12.3. The summed E-state index contributed by atoms with van der Waals surface area (Å²) in [5, 5.41) is 2.74. The lowest BCUT2D eigenvalue weighted by molar-refractivity contribution is -0.139. The van der Waals surface area contributed by atoms with Crippen molar-refractivity contribution < 1.29 is 28.7 Å². The molecule has 0 heterocycles. The molecule has 7 heteroatoms. The maximum Gasteiger partial charge on any atom is 0.331 e.